The van der Waals surface area contributed by atoms with E-state index in [0.29, 0.717) is 18.0 Å². The summed E-state index contributed by atoms with van der Waals surface area (Å²) in [5, 5.41) is 4.05. The number of rotatable bonds is 7. The summed E-state index contributed by atoms with van der Waals surface area (Å²) < 4.78 is 10.7. The highest BCUT2D eigenvalue weighted by atomic mass is 16.5. The summed E-state index contributed by atoms with van der Waals surface area (Å²) in [5.74, 6) is 1.03. The summed E-state index contributed by atoms with van der Waals surface area (Å²) in [5.41, 5.74) is 2.29. The summed E-state index contributed by atoms with van der Waals surface area (Å²) in [6.45, 7) is 0.538. The lowest BCUT2D eigenvalue weighted by molar-refractivity contribution is -0.123. The summed E-state index contributed by atoms with van der Waals surface area (Å²) >= 11 is 0. The molecule has 24 heavy (non-hydrogen) atoms. The van der Waals surface area contributed by atoms with Gasteiger partial charge in [0.25, 0.3) is 5.91 Å². The topological polar surface area (TPSA) is 63.4 Å². The predicted octanol–water partition coefficient (Wildman–Crippen LogP) is 2.91. The van der Waals surface area contributed by atoms with Crippen molar-refractivity contribution >= 4 is 16.8 Å². The molecule has 5 nitrogen and oxygen atoms in total. The van der Waals surface area contributed by atoms with Gasteiger partial charge in [0.15, 0.2) is 18.1 Å². The molecule has 1 aromatic heterocycles. The van der Waals surface area contributed by atoms with Crippen molar-refractivity contribution < 1.29 is 14.3 Å². The number of aromatic amines is 1. The first-order chi connectivity index (χ1) is 11.8. The third-order valence-electron chi connectivity index (χ3n) is 3.78. The van der Waals surface area contributed by atoms with E-state index in [1.165, 1.54) is 10.9 Å². The van der Waals surface area contributed by atoms with E-state index >= 15 is 0 Å². The van der Waals surface area contributed by atoms with Gasteiger partial charge in [-0.15, -0.1) is 0 Å². The second-order valence-corrected chi connectivity index (χ2v) is 5.44. The standard InChI is InChI=1S/C19H20N2O3/c1-23-17-4-2-3-5-18(17)24-13-19(22)21-10-8-14-6-7-15-9-11-20-16(15)12-14/h2-7,9,11-12,20H,8,10,13H2,1H3,(H,21,22). The van der Waals surface area contributed by atoms with Crippen molar-refractivity contribution in [1.29, 1.82) is 0 Å². The van der Waals surface area contributed by atoms with E-state index in [1.54, 1.807) is 19.2 Å². The zero-order valence-electron chi connectivity index (χ0n) is 13.5. The van der Waals surface area contributed by atoms with Crippen LogP contribution in [0.25, 0.3) is 10.9 Å². The van der Waals surface area contributed by atoms with Gasteiger partial charge in [0.2, 0.25) is 0 Å². The molecule has 5 heteroatoms. The fourth-order valence-electron chi connectivity index (χ4n) is 2.53. The van der Waals surface area contributed by atoms with Gasteiger partial charge in [0.05, 0.1) is 7.11 Å². The number of amides is 1. The number of hydrogen-bond donors (Lipinski definition) is 2. The van der Waals surface area contributed by atoms with Crippen molar-refractivity contribution in [3.63, 3.8) is 0 Å². The van der Waals surface area contributed by atoms with E-state index in [2.05, 4.69) is 28.5 Å². The van der Waals surface area contributed by atoms with Gasteiger partial charge >= 0.3 is 0 Å². The predicted molar refractivity (Wildman–Crippen MR) is 93.5 cm³/mol. The van der Waals surface area contributed by atoms with Crippen molar-refractivity contribution in [2.75, 3.05) is 20.3 Å². The van der Waals surface area contributed by atoms with Gasteiger partial charge in [-0.3, -0.25) is 4.79 Å². The third kappa shape index (κ3) is 3.87. The average Bonchev–Trinajstić information content (AvgIpc) is 3.08. The first kappa shape index (κ1) is 15.9. The molecule has 0 spiro atoms. The van der Waals surface area contributed by atoms with E-state index in [4.69, 9.17) is 9.47 Å². The van der Waals surface area contributed by atoms with Crippen LogP contribution in [0.3, 0.4) is 0 Å². The number of benzene rings is 2. The molecule has 0 aliphatic rings. The van der Waals surface area contributed by atoms with Crippen molar-refractivity contribution in [3.05, 3.63) is 60.3 Å². The molecule has 0 unspecified atom stereocenters. The van der Waals surface area contributed by atoms with Crippen LogP contribution in [0.15, 0.2) is 54.7 Å². The second-order valence-electron chi connectivity index (χ2n) is 5.44. The largest absolute Gasteiger partial charge is 0.493 e. The van der Waals surface area contributed by atoms with Crippen LogP contribution < -0.4 is 14.8 Å². The number of fused-ring (bicyclic) bond motifs is 1. The lowest BCUT2D eigenvalue weighted by atomic mass is 10.1. The molecule has 0 saturated heterocycles. The lowest BCUT2D eigenvalue weighted by Crippen LogP contribution is -2.30. The zero-order chi connectivity index (χ0) is 16.8. The molecule has 0 saturated carbocycles. The van der Waals surface area contributed by atoms with Gasteiger partial charge in [-0.1, -0.05) is 24.3 Å². The molecule has 0 bridgehead atoms. The fraction of sp³-hybridized carbons (Fsp3) is 0.211. The summed E-state index contributed by atoms with van der Waals surface area (Å²) in [4.78, 5) is 15.1. The van der Waals surface area contributed by atoms with Crippen LogP contribution in [-0.4, -0.2) is 31.2 Å². The second kappa shape index (κ2) is 7.55. The minimum Gasteiger partial charge on any atom is -0.493 e. The fourth-order valence-corrected chi connectivity index (χ4v) is 2.53. The van der Waals surface area contributed by atoms with Crippen molar-refractivity contribution in [1.82, 2.24) is 10.3 Å². The summed E-state index contributed by atoms with van der Waals surface area (Å²) in [6.07, 6.45) is 2.70. The number of nitrogens with one attached hydrogen (secondary N) is 2. The number of carbonyl (C=O) groups is 1. The molecule has 124 valence electrons. The lowest BCUT2D eigenvalue weighted by Gasteiger charge is -2.10. The molecule has 0 aliphatic carbocycles. The van der Waals surface area contributed by atoms with E-state index in [-0.39, 0.29) is 12.5 Å². The molecule has 2 N–H and O–H groups in total. The maximum atomic E-state index is 11.9. The molecule has 2 aromatic carbocycles. The monoisotopic (exact) mass is 324 g/mol. The van der Waals surface area contributed by atoms with Crippen LogP contribution >= 0.6 is 0 Å². The van der Waals surface area contributed by atoms with Crippen LogP contribution in [0.4, 0.5) is 0 Å². The van der Waals surface area contributed by atoms with Crippen LogP contribution in [0.5, 0.6) is 11.5 Å². The quantitative estimate of drug-likeness (QED) is 0.702. The minimum absolute atomic E-state index is 0.0317. The number of carbonyl (C=O) groups excluding carboxylic acids is 1. The van der Waals surface area contributed by atoms with E-state index < -0.39 is 0 Å². The first-order valence-electron chi connectivity index (χ1n) is 7.85. The smallest absolute Gasteiger partial charge is 0.257 e. The highest BCUT2D eigenvalue weighted by Gasteiger charge is 2.06. The zero-order valence-corrected chi connectivity index (χ0v) is 13.5. The SMILES string of the molecule is COc1ccccc1OCC(=O)NCCc1ccc2cc[nH]c2c1. The van der Waals surface area contributed by atoms with Gasteiger partial charge in [0.1, 0.15) is 0 Å². The Morgan fingerprint density at radius 1 is 1.12 bits per heavy atom. The molecule has 3 aromatic rings. The molecule has 0 atom stereocenters. The van der Waals surface area contributed by atoms with Gasteiger partial charge in [-0.2, -0.15) is 0 Å². The van der Waals surface area contributed by atoms with Gasteiger partial charge < -0.3 is 19.8 Å². The first-order valence-corrected chi connectivity index (χ1v) is 7.85. The van der Waals surface area contributed by atoms with Gasteiger partial charge in [-0.05, 0) is 41.6 Å². The number of ether oxygens (including phenoxy) is 2. The normalized spacial score (nSPS) is 10.5. The van der Waals surface area contributed by atoms with Gasteiger partial charge in [0, 0.05) is 18.3 Å². The Balaban J connectivity index is 1.45. The number of H-pyrrole nitrogens is 1. The Kier molecular flexibility index (Phi) is 5.01. The molecule has 1 heterocycles. The maximum Gasteiger partial charge on any atom is 0.257 e. The Morgan fingerprint density at radius 2 is 1.96 bits per heavy atom. The highest BCUT2D eigenvalue weighted by molar-refractivity contribution is 5.80. The van der Waals surface area contributed by atoms with Crippen molar-refractivity contribution in [2.24, 2.45) is 0 Å². The molecule has 1 amide bonds. The Labute approximate surface area is 140 Å². The number of methoxy groups -OCH3 is 1. The summed E-state index contributed by atoms with van der Waals surface area (Å²) in [7, 11) is 1.57. The Hall–Kier alpha value is -2.95. The third-order valence-corrected chi connectivity index (χ3v) is 3.78. The van der Waals surface area contributed by atoms with Crippen LogP contribution in [0, 0.1) is 0 Å². The summed E-state index contributed by atoms with van der Waals surface area (Å²) in [6, 6.07) is 15.6. The van der Waals surface area contributed by atoms with Crippen molar-refractivity contribution in [2.45, 2.75) is 6.42 Å². The van der Waals surface area contributed by atoms with Gasteiger partial charge in [-0.25, -0.2) is 0 Å². The van der Waals surface area contributed by atoms with Crippen LogP contribution in [0.1, 0.15) is 5.56 Å². The number of aromatic nitrogens is 1. The minimum atomic E-state index is -0.151. The highest BCUT2D eigenvalue weighted by Crippen LogP contribution is 2.25. The van der Waals surface area contributed by atoms with Crippen LogP contribution in [-0.2, 0) is 11.2 Å². The molecule has 0 radical (unpaired) electrons. The number of para-hydroxylation sites is 2. The van der Waals surface area contributed by atoms with E-state index in [1.807, 2.05) is 24.4 Å². The van der Waals surface area contributed by atoms with E-state index in [9.17, 15) is 4.79 Å². The maximum absolute atomic E-state index is 11.9. The molecule has 3 rings (SSSR count). The molecular weight excluding hydrogens is 304 g/mol. The molecular formula is C19H20N2O3. The van der Waals surface area contributed by atoms with E-state index in [0.717, 1.165) is 11.9 Å². The average molecular weight is 324 g/mol. The molecule has 0 aliphatic heterocycles. The Bertz CT molecular complexity index is 826. The number of hydrogen-bond acceptors (Lipinski definition) is 3. The van der Waals surface area contributed by atoms with Crippen LogP contribution in [0.2, 0.25) is 0 Å². The van der Waals surface area contributed by atoms with Crippen molar-refractivity contribution in [3.8, 4) is 11.5 Å². The Morgan fingerprint density at radius 3 is 2.79 bits per heavy atom. The molecule has 0 fully saturated rings.